The Bertz CT molecular complexity index is 847. The lowest BCUT2D eigenvalue weighted by atomic mass is 9.94. The number of rotatable bonds is 3. The van der Waals surface area contributed by atoms with Crippen molar-refractivity contribution >= 4 is 23.2 Å². The van der Waals surface area contributed by atoms with Gasteiger partial charge in [-0.3, -0.25) is 4.79 Å². The molecule has 2 atom stereocenters. The number of likely N-dealkylation sites (tertiary alicyclic amines) is 1. The lowest BCUT2D eigenvalue weighted by molar-refractivity contribution is -0.135. The number of halogens is 2. The third-order valence-electron chi connectivity index (χ3n) is 6.22. The summed E-state index contributed by atoms with van der Waals surface area (Å²) in [6, 6.07) is 15.0. The molecular formula is C21H20ClFN2O. The maximum absolute atomic E-state index is 13.3. The van der Waals surface area contributed by atoms with Crippen molar-refractivity contribution < 1.29 is 9.18 Å². The van der Waals surface area contributed by atoms with Crippen molar-refractivity contribution in [1.82, 2.24) is 4.90 Å². The van der Waals surface area contributed by atoms with Crippen molar-refractivity contribution in [3.8, 4) is 0 Å². The van der Waals surface area contributed by atoms with E-state index in [0.717, 1.165) is 43.6 Å². The first-order chi connectivity index (χ1) is 12.6. The summed E-state index contributed by atoms with van der Waals surface area (Å²) in [7, 11) is 0. The molecule has 5 rings (SSSR count). The molecule has 2 bridgehead atoms. The summed E-state index contributed by atoms with van der Waals surface area (Å²) < 4.78 is 13.2. The van der Waals surface area contributed by atoms with Gasteiger partial charge in [-0.2, -0.15) is 0 Å². The van der Waals surface area contributed by atoms with Crippen LogP contribution in [0.25, 0.3) is 0 Å². The third-order valence-corrected chi connectivity index (χ3v) is 6.47. The van der Waals surface area contributed by atoms with Crippen LogP contribution in [0.5, 0.6) is 0 Å². The van der Waals surface area contributed by atoms with E-state index in [1.165, 1.54) is 12.1 Å². The fourth-order valence-electron chi connectivity index (χ4n) is 4.66. The van der Waals surface area contributed by atoms with E-state index in [0.29, 0.717) is 11.1 Å². The van der Waals surface area contributed by atoms with Gasteiger partial charge in [0.25, 0.3) is 0 Å². The van der Waals surface area contributed by atoms with Crippen molar-refractivity contribution in [3.63, 3.8) is 0 Å². The molecule has 1 aliphatic carbocycles. The zero-order valence-electron chi connectivity index (χ0n) is 14.4. The van der Waals surface area contributed by atoms with Crippen LogP contribution in [0.15, 0.2) is 48.5 Å². The fourth-order valence-corrected chi connectivity index (χ4v) is 4.79. The molecule has 0 radical (unpaired) electrons. The largest absolute Gasteiger partial charge is 0.365 e. The van der Waals surface area contributed by atoms with Crippen LogP contribution < -0.4 is 4.90 Å². The second-order valence-corrected chi connectivity index (χ2v) is 8.16. The highest BCUT2D eigenvalue weighted by Gasteiger charge is 2.57. The van der Waals surface area contributed by atoms with Crippen LogP contribution >= 0.6 is 11.6 Å². The highest BCUT2D eigenvalue weighted by atomic mass is 35.5. The molecule has 2 heterocycles. The van der Waals surface area contributed by atoms with Crippen molar-refractivity contribution in [3.05, 3.63) is 64.9 Å². The minimum absolute atomic E-state index is 0.214. The van der Waals surface area contributed by atoms with Crippen LogP contribution in [0.4, 0.5) is 10.1 Å². The van der Waals surface area contributed by atoms with Crippen molar-refractivity contribution in [2.24, 2.45) is 0 Å². The average Bonchev–Trinajstić information content (AvgIpc) is 3.21. The highest BCUT2D eigenvalue weighted by Crippen LogP contribution is 2.51. The van der Waals surface area contributed by atoms with Crippen molar-refractivity contribution in [2.45, 2.75) is 36.8 Å². The molecule has 3 nitrogen and oxygen atoms in total. The zero-order valence-corrected chi connectivity index (χ0v) is 15.1. The number of hydrogen-bond donors (Lipinski definition) is 0. The first-order valence-corrected chi connectivity index (χ1v) is 9.54. The molecule has 2 saturated heterocycles. The maximum atomic E-state index is 13.3. The van der Waals surface area contributed by atoms with Crippen LogP contribution in [0, 0.1) is 5.82 Å². The van der Waals surface area contributed by atoms with Crippen LogP contribution in [-0.4, -0.2) is 36.0 Å². The van der Waals surface area contributed by atoms with E-state index in [2.05, 4.69) is 9.80 Å². The van der Waals surface area contributed by atoms with Gasteiger partial charge in [-0.15, -0.1) is 0 Å². The Hall–Kier alpha value is -2.07. The molecule has 0 aromatic heterocycles. The summed E-state index contributed by atoms with van der Waals surface area (Å²) in [5, 5.41) is 0.701. The molecule has 0 spiro atoms. The van der Waals surface area contributed by atoms with Crippen LogP contribution in [0.1, 0.15) is 24.8 Å². The number of hydrogen-bond acceptors (Lipinski definition) is 2. The Balaban J connectivity index is 1.33. The molecule has 2 unspecified atom stereocenters. The van der Waals surface area contributed by atoms with Crippen LogP contribution in [0.2, 0.25) is 5.02 Å². The molecule has 3 fully saturated rings. The Morgan fingerprint density at radius 2 is 1.69 bits per heavy atom. The lowest BCUT2D eigenvalue weighted by Gasteiger charge is -2.37. The smallest absolute Gasteiger partial charge is 0.233 e. The number of amides is 1. The van der Waals surface area contributed by atoms with Gasteiger partial charge < -0.3 is 9.80 Å². The number of carbonyl (C=O) groups is 1. The standard InChI is InChI=1S/C21H20ClFN2O/c22-15-3-1-14(2-4-15)21(9-10-21)20(26)25-13-18-11-19(25)12-24(18)17-7-5-16(23)6-8-17/h1-8,18-19H,9-13H2. The molecule has 2 aromatic rings. The number of piperazine rings is 1. The molecule has 26 heavy (non-hydrogen) atoms. The predicted octanol–water partition coefficient (Wildman–Crippen LogP) is 4.00. The second-order valence-electron chi connectivity index (χ2n) is 7.72. The van der Waals surface area contributed by atoms with Gasteiger partial charge in [-0.1, -0.05) is 23.7 Å². The molecule has 0 N–H and O–H groups in total. The van der Waals surface area contributed by atoms with Gasteiger partial charge in [0.1, 0.15) is 5.82 Å². The first-order valence-electron chi connectivity index (χ1n) is 9.16. The molecule has 2 aromatic carbocycles. The van der Waals surface area contributed by atoms with E-state index in [9.17, 15) is 9.18 Å². The molecule has 1 amide bonds. The van der Waals surface area contributed by atoms with E-state index < -0.39 is 0 Å². The summed E-state index contributed by atoms with van der Waals surface area (Å²) in [4.78, 5) is 17.7. The topological polar surface area (TPSA) is 23.6 Å². The molecule has 1 saturated carbocycles. The van der Waals surface area contributed by atoms with Gasteiger partial charge in [0.2, 0.25) is 5.91 Å². The van der Waals surface area contributed by atoms with E-state index in [1.54, 1.807) is 0 Å². The Morgan fingerprint density at radius 3 is 2.27 bits per heavy atom. The number of fused-ring (bicyclic) bond motifs is 2. The van der Waals surface area contributed by atoms with Crippen molar-refractivity contribution in [2.75, 3.05) is 18.0 Å². The minimum Gasteiger partial charge on any atom is -0.365 e. The van der Waals surface area contributed by atoms with Crippen molar-refractivity contribution in [1.29, 1.82) is 0 Å². The quantitative estimate of drug-likeness (QED) is 0.815. The molecule has 134 valence electrons. The van der Waals surface area contributed by atoms with Gasteiger partial charge in [-0.05, 0) is 61.2 Å². The van der Waals surface area contributed by atoms with E-state index in [1.807, 2.05) is 36.4 Å². The van der Waals surface area contributed by atoms with E-state index >= 15 is 0 Å². The monoisotopic (exact) mass is 370 g/mol. The number of carbonyl (C=O) groups excluding carboxylic acids is 1. The molecule has 2 aliphatic heterocycles. The number of nitrogens with zero attached hydrogens (tertiary/aromatic N) is 2. The lowest BCUT2D eigenvalue weighted by Crippen LogP contribution is -2.51. The van der Waals surface area contributed by atoms with Gasteiger partial charge in [0.05, 0.1) is 11.5 Å². The molecule has 3 aliphatic rings. The van der Waals surface area contributed by atoms with Gasteiger partial charge in [-0.25, -0.2) is 4.39 Å². The normalized spacial score (nSPS) is 25.6. The minimum atomic E-state index is -0.338. The van der Waals surface area contributed by atoms with Gasteiger partial charge in [0.15, 0.2) is 0 Å². The van der Waals surface area contributed by atoms with E-state index in [-0.39, 0.29) is 23.2 Å². The van der Waals surface area contributed by atoms with Gasteiger partial charge in [0, 0.05) is 29.8 Å². The Labute approximate surface area is 157 Å². The van der Waals surface area contributed by atoms with Crippen LogP contribution in [-0.2, 0) is 10.2 Å². The average molecular weight is 371 g/mol. The van der Waals surface area contributed by atoms with E-state index in [4.69, 9.17) is 11.6 Å². The second kappa shape index (κ2) is 5.71. The van der Waals surface area contributed by atoms with Crippen LogP contribution in [0.3, 0.4) is 0 Å². The number of benzene rings is 2. The summed E-state index contributed by atoms with van der Waals surface area (Å²) >= 11 is 6.00. The Morgan fingerprint density at radius 1 is 1.00 bits per heavy atom. The zero-order chi connectivity index (χ0) is 17.9. The third kappa shape index (κ3) is 2.43. The Kier molecular flexibility index (Phi) is 3.54. The fraction of sp³-hybridized carbons (Fsp3) is 0.381. The summed E-state index contributed by atoms with van der Waals surface area (Å²) in [6.45, 7) is 1.59. The van der Waals surface area contributed by atoms with Gasteiger partial charge >= 0.3 is 0 Å². The first kappa shape index (κ1) is 16.1. The predicted molar refractivity (Wildman–Crippen MR) is 100 cm³/mol. The summed E-state index contributed by atoms with van der Waals surface area (Å²) in [5.74, 6) is 0.0552. The SMILES string of the molecule is O=C(N1CC2CC1CN2c1ccc(F)cc1)C1(c2ccc(Cl)cc2)CC1. The summed E-state index contributed by atoms with van der Waals surface area (Å²) in [6.07, 6.45) is 2.84. The number of anilines is 1. The highest BCUT2D eigenvalue weighted by molar-refractivity contribution is 6.30. The maximum Gasteiger partial charge on any atom is 0.233 e. The molecule has 5 heteroatoms. The molecular weight excluding hydrogens is 351 g/mol. The summed E-state index contributed by atoms with van der Waals surface area (Å²) in [5.41, 5.74) is 1.80.